The molecular weight excluding hydrogens is 338 g/mol. The lowest BCUT2D eigenvalue weighted by Crippen LogP contribution is -2.37. The van der Waals surface area contributed by atoms with Crippen LogP contribution in [-0.4, -0.2) is 36.3 Å². The first-order valence-corrected chi connectivity index (χ1v) is 9.13. The van der Waals surface area contributed by atoms with E-state index in [0.717, 1.165) is 59.7 Å². The number of benzene rings is 2. The van der Waals surface area contributed by atoms with Gasteiger partial charge in [-0.2, -0.15) is 0 Å². The van der Waals surface area contributed by atoms with Gasteiger partial charge < -0.3 is 14.1 Å². The van der Waals surface area contributed by atoms with Gasteiger partial charge in [0.1, 0.15) is 11.3 Å². The minimum atomic E-state index is 0.595. The molecule has 5 heteroatoms. The van der Waals surface area contributed by atoms with E-state index in [9.17, 15) is 0 Å². The van der Waals surface area contributed by atoms with Gasteiger partial charge in [-0.05, 0) is 30.3 Å². The van der Waals surface area contributed by atoms with Crippen LogP contribution in [-0.2, 0) is 4.74 Å². The second-order valence-electron chi connectivity index (χ2n) is 6.55. The van der Waals surface area contributed by atoms with E-state index in [1.165, 1.54) is 0 Å². The number of morpholine rings is 1. The Hall–Kier alpha value is -3.18. The van der Waals surface area contributed by atoms with Gasteiger partial charge in [-0.25, -0.2) is 9.97 Å². The standard InChI is InChI=1S/C22H19N3O2/c1-2-6-18-16(5-1)15-17(22(24-18)25-11-13-26-14-12-25)9-10-21-23-19-7-3-4-8-20(19)27-21/h1-10,15H,11-14H2/b10-9+. The average Bonchev–Trinajstić information content (AvgIpc) is 3.15. The molecule has 1 saturated heterocycles. The third-order valence-corrected chi connectivity index (χ3v) is 4.76. The van der Waals surface area contributed by atoms with E-state index in [4.69, 9.17) is 14.1 Å². The summed E-state index contributed by atoms with van der Waals surface area (Å²) in [4.78, 5) is 11.7. The number of hydrogen-bond donors (Lipinski definition) is 0. The van der Waals surface area contributed by atoms with Crippen molar-refractivity contribution in [1.82, 2.24) is 9.97 Å². The summed E-state index contributed by atoms with van der Waals surface area (Å²) in [6.07, 6.45) is 3.95. The maximum Gasteiger partial charge on any atom is 0.220 e. The van der Waals surface area contributed by atoms with Crippen LogP contribution in [0.25, 0.3) is 34.2 Å². The molecule has 5 nitrogen and oxygen atoms in total. The van der Waals surface area contributed by atoms with Gasteiger partial charge in [0.25, 0.3) is 0 Å². The fourth-order valence-corrected chi connectivity index (χ4v) is 3.40. The maximum absolute atomic E-state index is 5.81. The maximum atomic E-state index is 5.81. The zero-order chi connectivity index (χ0) is 18.1. The predicted molar refractivity (Wildman–Crippen MR) is 108 cm³/mol. The lowest BCUT2D eigenvalue weighted by molar-refractivity contribution is 0.122. The predicted octanol–water partition coefficient (Wildman–Crippen LogP) is 4.38. The van der Waals surface area contributed by atoms with Gasteiger partial charge in [-0.1, -0.05) is 30.3 Å². The normalized spacial score (nSPS) is 15.2. The first-order valence-electron chi connectivity index (χ1n) is 9.13. The molecule has 0 unspecified atom stereocenters. The first-order chi connectivity index (χ1) is 13.4. The van der Waals surface area contributed by atoms with E-state index in [-0.39, 0.29) is 0 Å². The summed E-state index contributed by atoms with van der Waals surface area (Å²) >= 11 is 0. The molecule has 1 aliphatic heterocycles. The summed E-state index contributed by atoms with van der Waals surface area (Å²) < 4.78 is 11.3. The van der Waals surface area contributed by atoms with Crippen LogP contribution < -0.4 is 4.90 Å². The van der Waals surface area contributed by atoms with Crippen molar-refractivity contribution < 1.29 is 9.15 Å². The van der Waals surface area contributed by atoms with Crippen LogP contribution in [0.3, 0.4) is 0 Å². The Morgan fingerprint density at radius 1 is 0.852 bits per heavy atom. The highest BCUT2D eigenvalue weighted by atomic mass is 16.5. The first kappa shape index (κ1) is 16.0. The van der Waals surface area contributed by atoms with E-state index in [0.29, 0.717) is 5.89 Å². The van der Waals surface area contributed by atoms with Crippen LogP contribution in [0.4, 0.5) is 5.82 Å². The molecule has 0 aliphatic carbocycles. The molecule has 0 bridgehead atoms. The molecule has 0 N–H and O–H groups in total. The second-order valence-corrected chi connectivity index (χ2v) is 6.55. The highest BCUT2D eigenvalue weighted by Crippen LogP contribution is 2.26. The third-order valence-electron chi connectivity index (χ3n) is 4.76. The van der Waals surface area contributed by atoms with Gasteiger partial charge in [0.05, 0.1) is 18.7 Å². The van der Waals surface area contributed by atoms with Crippen molar-refractivity contribution >= 4 is 40.0 Å². The lowest BCUT2D eigenvalue weighted by Gasteiger charge is -2.29. The van der Waals surface area contributed by atoms with Crippen LogP contribution in [0.1, 0.15) is 11.5 Å². The summed E-state index contributed by atoms with van der Waals surface area (Å²) in [7, 11) is 0. The van der Waals surface area contributed by atoms with Crippen molar-refractivity contribution in [3.05, 3.63) is 66.1 Å². The number of oxazole rings is 1. The Kier molecular flexibility index (Phi) is 4.07. The molecule has 4 aromatic rings. The number of anilines is 1. The van der Waals surface area contributed by atoms with Crippen LogP contribution in [0.2, 0.25) is 0 Å². The summed E-state index contributed by atoms with van der Waals surface area (Å²) in [5.74, 6) is 1.57. The average molecular weight is 357 g/mol. The lowest BCUT2D eigenvalue weighted by atomic mass is 10.1. The molecule has 1 aliphatic rings. The Bertz CT molecular complexity index is 1090. The van der Waals surface area contributed by atoms with Crippen LogP contribution in [0.5, 0.6) is 0 Å². The minimum Gasteiger partial charge on any atom is -0.437 e. The number of fused-ring (bicyclic) bond motifs is 2. The number of hydrogen-bond acceptors (Lipinski definition) is 5. The number of para-hydroxylation sites is 3. The Morgan fingerprint density at radius 2 is 1.63 bits per heavy atom. The molecule has 2 aromatic heterocycles. The van der Waals surface area contributed by atoms with E-state index in [1.54, 1.807) is 0 Å². The Morgan fingerprint density at radius 3 is 2.48 bits per heavy atom. The van der Waals surface area contributed by atoms with Gasteiger partial charge >= 0.3 is 0 Å². The molecule has 5 rings (SSSR count). The Balaban J connectivity index is 1.57. The number of rotatable bonds is 3. The van der Waals surface area contributed by atoms with Gasteiger partial charge in [0.15, 0.2) is 5.58 Å². The monoisotopic (exact) mass is 357 g/mol. The molecule has 0 amide bonds. The van der Waals surface area contributed by atoms with Crippen molar-refractivity contribution in [1.29, 1.82) is 0 Å². The molecule has 1 fully saturated rings. The zero-order valence-electron chi connectivity index (χ0n) is 14.8. The number of pyridine rings is 1. The number of aromatic nitrogens is 2. The van der Waals surface area contributed by atoms with Gasteiger partial charge in [-0.15, -0.1) is 0 Å². The van der Waals surface area contributed by atoms with Crippen molar-refractivity contribution in [2.24, 2.45) is 0 Å². The van der Waals surface area contributed by atoms with E-state index in [2.05, 4.69) is 22.0 Å². The molecule has 3 heterocycles. The van der Waals surface area contributed by atoms with Crippen molar-refractivity contribution in [3.8, 4) is 0 Å². The SMILES string of the molecule is C(=C\c1cc2ccccc2nc1N1CCOCC1)/c1nc2ccccc2o1. The molecular formula is C22H19N3O2. The summed E-state index contributed by atoms with van der Waals surface area (Å²) in [5.41, 5.74) is 3.71. The Labute approximate surface area is 156 Å². The van der Waals surface area contributed by atoms with E-state index in [1.807, 2.05) is 54.6 Å². The summed E-state index contributed by atoms with van der Waals surface area (Å²) in [6.45, 7) is 3.13. The third kappa shape index (κ3) is 3.17. The summed E-state index contributed by atoms with van der Waals surface area (Å²) in [5, 5.41) is 1.12. The smallest absolute Gasteiger partial charge is 0.220 e. The van der Waals surface area contributed by atoms with Crippen molar-refractivity contribution in [3.63, 3.8) is 0 Å². The molecule has 0 radical (unpaired) electrons. The number of ether oxygens (including phenoxy) is 1. The topological polar surface area (TPSA) is 51.4 Å². The van der Waals surface area contributed by atoms with Crippen LogP contribution >= 0.6 is 0 Å². The fraction of sp³-hybridized carbons (Fsp3) is 0.182. The second kappa shape index (κ2) is 6.85. The van der Waals surface area contributed by atoms with Gasteiger partial charge in [0.2, 0.25) is 5.89 Å². The van der Waals surface area contributed by atoms with Gasteiger partial charge in [-0.3, -0.25) is 0 Å². The molecule has 2 aromatic carbocycles. The molecule has 0 saturated carbocycles. The number of nitrogens with zero attached hydrogens (tertiary/aromatic N) is 3. The van der Waals surface area contributed by atoms with Crippen LogP contribution in [0.15, 0.2) is 59.0 Å². The summed E-state index contributed by atoms with van der Waals surface area (Å²) in [6, 6.07) is 18.2. The van der Waals surface area contributed by atoms with Crippen LogP contribution in [0, 0.1) is 0 Å². The minimum absolute atomic E-state index is 0.595. The largest absolute Gasteiger partial charge is 0.437 e. The van der Waals surface area contributed by atoms with Gasteiger partial charge in [0, 0.05) is 30.1 Å². The fourth-order valence-electron chi connectivity index (χ4n) is 3.40. The molecule has 134 valence electrons. The van der Waals surface area contributed by atoms with E-state index < -0.39 is 0 Å². The van der Waals surface area contributed by atoms with E-state index >= 15 is 0 Å². The van der Waals surface area contributed by atoms with Crippen molar-refractivity contribution in [2.75, 3.05) is 31.2 Å². The van der Waals surface area contributed by atoms with Crippen molar-refractivity contribution in [2.45, 2.75) is 0 Å². The molecule has 0 atom stereocenters. The molecule has 0 spiro atoms. The highest BCUT2D eigenvalue weighted by molar-refractivity contribution is 5.87. The quantitative estimate of drug-likeness (QED) is 0.544. The molecule has 27 heavy (non-hydrogen) atoms. The highest BCUT2D eigenvalue weighted by Gasteiger charge is 2.16. The zero-order valence-corrected chi connectivity index (χ0v) is 14.8.